The van der Waals surface area contributed by atoms with Gasteiger partial charge in [-0.15, -0.1) is 11.3 Å². The topological polar surface area (TPSA) is 63.5 Å². The molecule has 0 aliphatic heterocycles. The largest absolute Gasteiger partial charge is 0.348 e. The first-order valence-corrected chi connectivity index (χ1v) is 9.00. The summed E-state index contributed by atoms with van der Waals surface area (Å²) in [5, 5.41) is 2.70. The van der Waals surface area contributed by atoms with Gasteiger partial charge in [-0.2, -0.15) is 0 Å². The summed E-state index contributed by atoms with van der Waals surface area (Å²) < 4.78 is 14.5. The van der Waals surface area contributed by atoms with Crippen LogP contribution in [-0.2, 0) is 19.4 Å². The number of fused-ring (bicyclic) bond motifs is 3. The molecule has 0 fully saturated rings. The maximum absolute atomic E-state index is 12.9. The molecule has 1 aliphatic carbocycles. The quantitative estimate of drug-likeness (QED) is 0.784. The van der Waals surface area contributed by atoms with Crippen LogP contribution in [0.15, 0.2) is 35.3 Å². The van der Waals surface area contributed by atoms with Gasteiger partial charge in [0.05, 0.1) is 0 Å². The van der Waals surface area contributed by atoms with Gasteiger partial charge in [-0.1, -0.05) is 12.1 Å². The number of carbonyl (C=O) groups excluding carboxylic acids is 1. The molecule has 5 nitrogen and oxygen atoms in total. The summed E-state index contributed by atoms with van der Waals surface area (Å²) in [6.45, 7) is 0.225. The zero-order valence-corrected chi connectivity index (χ0v) is 14.2. The average Bonchev–Trinajstić information content (AvgIpc) is 3.00. The monoisotopic (exact) mass is 357 g/mol. The van der Waals surface area contributed by atoms with Crippen molar-refractivity contribution in [3.63, 3.8) is 0 Å². The lowest BCUT2D eigenvalue weighted by molar-refractivity contribution is 0.0949. The van der Waals surface area contributed by atoms with E-state index < -0.39 is 5.91 Å². The van der Waals surface area contributed by atoms with Crippen LogP contribution in [0, 0.1) is 5.82 Å². The molecule has 1 aromatic carbocycles. The zero-order chi connectivity index (χ0) is 17.4. The lowest BCUT2D eigenvalue weighted by Gasteiger charge is -2.10. The molecule has 0 saturated heterocycles. The van der Waals surface area contributed by atoms with E-state index in [1.54, 1.807) is 16.5 Å². The molecule has 0 atom stereocenters. The number of amides is 1. The van der Waals surface area contributed by atoms with Crippen molar-refractivity contribution in [2.45, 2.75) is 32.2 Å². The van der Waals surface area contributed by atoms with Crippen LogP contribution in [0.25, 0.3) is 4.96 Å². The molecule has 0 unspecified atom stereocenters. The minimum atomic E-state index is -0.466. The van der Waals surface area contributed by atoms with Gasteiger partial charge in [0, 0.05) is 23.3 Å². The van der Waals surface area contributed by atoms with E-state index in [1.165, 1.54) is 34.5 Å². The third-order valence-corrected chi connectivity index (χ3v) is 5.57. The van der Waals surface area contributed by atoms with E-state index >= 15 is 0 Å². The summed E-state index contributed by atoms with van der Waals surface area (Å²) in [6, 6.07) is 5.86. The van der Waals surface area contributed by atoms with Crippen molar-refractivity contribution in [2.24, 2.45) is 0 Å². The zero-order valence-electron chi connectivity index (χ0n) is 13.4. The van der Waals surface area contributed by atoms with Gasteiger partial charge in [-0.25, -0.2) is 9.37 Å². The Hall–Kier alpha value is -2.54. The number of aryl methyl sites for hydroxylation is 2. The number of benzene rings is 1. The van der Waals surface area contributed by atoms with Crippen molar-refractivity contribution in [1.82, 2.24) is 14.7 Å². The fraction of sp³-hybridized carbons (Fsp3) is 0.278. The van der Waals surface area contributed by atoms with Crippen LogP contribution in [0.5, 0.6) is 0 Å². The number of aromatic nitrogens is 2. The van der Waals surface area contributed by atoms with Crippen LogP contribution in [0.2, 0.25) is 0 Å². The normalized spacial score (nSPS) is 13.6. The Morgan fingerprint density at radius 2 is 2.00 bits per heavy atom. The van der Waals surface area contributed by atoms with Crippen LogP contribution < -0.4 is 10.9 Å². The fourth-order valence-corrected chi connectivity index (χ4v) is 4.27. The predicted octanol–water partition coefficient (Wildman–Crippen LogP) is 2.70. The van der Waals surface area contributed by atoms with Crippen LogP contribution in [0.1, 0.15) is 39.3 Å². The van der Waals surface area contributed by atoms with Crippen LogP contribution in [0.3, 0.4) is 0 Å². The Bertz CT molecular complexity index is 1010. The molecule has 3 aromatic rings. The second kappa shape index (κ2) is 6.40. The summed E-state index contributed by atoms with van der Waals surface area (Å²) in [6.07, 6.45) is 5.33. The number of rotatable bonds is 3. The van der Waals surface area contributed by atoms with Crippen molar-refractivity contribution in [2.75, 3.05) is 0 Å². The van der Waals surface area contributed by atoms with Crippen LogP contribution in [0.4, 0.5) is 4.39 Å². The highest BCUT2D eigenvalue weighted by atomic mass is 32.1. The minimum absolute atomic E-state index is 0.0331. The van der Waals surface area contributed by atoms with Gasteiger partial charge in [-0.05, 0) is 43.4 Å². The number of halogens is 1. The van der Waals surface area contributed by atoms with Crippen molar-refractivity contribution >= 4 is 22.2 Å². The molecule has 0 bridgehead atoms. The highest BCUT2D eigenvalue weighted by Gasteiger charge is 2.21. The van der Waals surface area contributed by atoms with Gasteiger partial charge in [0.25, 0.3) is 11.5 Å². The summed E-state index contributed by atoms with van der Waals surface area (Å²) in [7, 11) is 0. The third kappa shape index (κ3) is 2.95. The van der Waals surface area contributed by atoms with E-state index in [-0.39, 0.29) is 23.5 Å². The lowest BCUT2D eigenvalue weighted by Crippen LogP contribution is -2.31. The van der Waals surface area contributed by atoms with Gasteiger partial charge >= 0.3 is 0 Å². The van der Waals surface area contributed by atoms with E-state index in [0.717, 1.165) is 36.9 Å². The number of hydrogen-bond acceptors (Lipinski definition) is 4. The van der Waals surface area contributed by atoms with E-state index in [4.69, 9.17) is 0 Å². The molecule has 7 heteroatoms. The molecule has 0 spiro atoms. The Labute approximate surface area is 147 Å². The summed E-state index contributed by atoms with van der Waals surface area (Å²) in [4.78, 5) is 31.3. The first-order chi connectivity index (χ1) is 12.1. The van der Waals surface area contributed by atoms with E-state index in [9.17, 15) is 14.0 Å². The molecule has 25 heavy (non-hydrogen) atoms. The van der Waals surface area contributed by atoms with Crippen molar-refractivity contribution < 1.29 is 9.18 Å². The van der Waals surface area contributed by atoms with Crippen LogP contribution in [-0.4, -0.2) is 15.3 Å². The minimum Gasteiger partial charge on any atom is -0.348 e. The standard InChI is InChI=1S/C18H16FN3O2S/c19-12-7-5-11(6-8-12)9-20-16(23)13-10-21-18-22(17(13)24)14-3-1-2-4-15(14)25-18/h5-8,10H,1-4,9H2,(H,20,23). The summed E-state index contributed by atoms with van der Waals surface area (Å²) >= 11 is 1.53. The Balaban J connectivity index is 1.62. The van der Waals surface area contributed by atoms with E-state index in [2.05, 4.69) is 10.3 Å². The fourth-order valence-electron chi connectivity index (χ4n) is 3.10. The number of hydrogen-bond donors (Lipinski definition) is 1. The SMILES string of the molecule is O=C(NCc1ccc(F)cc1)c1cnc2sc3c(n2c1=O)CCCC3. The summed E-state index contributed by atoms with van der Waals surface area (Å²) in [5.74, 6) is -0.794. The number of nitrogens with one attached hydrogen (secondary N) is 1. The molecule has 0 saturated carbocycles. The molecule has 1 amide bonds. The second-order valence-corrected chi connectivity index (χ2v) is 7.15. The number of thiazole rings is 1. The van der Waals surface area contributed by atoms with Gasteiger partial charge in [-0.3, -0.25) is 14.0 Å². The number of carbonyl (C=O) groups is 1. The van der Waals surface area contributed by atoms with Crippen molar-refractivity contribution in [3.8, 4) is 0 Å². The lowest BCUT2D eigenvalue weighted by atomic mass is 10.0. The Morgan fingerprint density at radius 1 is 1.24 bits per heavy atom. The molecule has 1 N–H and O–H groups in total. The Morgan fingerprint density at radius 3 is 2.80 bits per heavy atom. The first-order valence-electron chi connectivity index (χ1n) is 8.18. The maximum Gasteiger partial charge on any atom is 0.271 e. The second-order valence-electron chi connectivity index (χ2n) is 6.08. The molecule has 128 valence electrons. The van der Waals surface area contributed by atoms with Gasteiger partial charge in [0.1, 0.15) is 11.4 Å². The van der Waals surface area contributed by atoms with Crippen LogP contribution >= 0.6 is 11.3 Å². The van der Waals surface area contributed by atoms with E-state index in [0.29, 0.717) is 4.96 Å². The molecule has 4 rings (SSSR count). The van der Waals surface area contributed by atoms with Gasteiger partial charge in [0.2, 0.25) is 0 Å². The molecule has 2 aromatic heterocycles. The van der Waals surface area contributed by atoms with Crippen molar-refractivity contribution in [3.05, 3.63) is 68.3 Å². The molecule has 1 aliphatic rings. The molecular formula is C18H16FN3O2S. The van der Waals surface area contributed by atoms with Crippen molar-refractivity contribution in [1.29, 1.82) is 0 Å². The average molecular weight is 357 g/mol. The summed E-state index contributed by atoms with van der Waals surface area (Å²) in [5.41, 5.74) is 1.47. The predicted molar refractivity (Wildman–Crippen MR) is 93.6 cm³/mol. The highest BCUT2D eigenvalue weighted by molar-refractivity contribution is 7.17. The first kappa shape index (κ1) is 16.0. The molecular weight excluding hydrogens is 341 g/mol. The van der Waals surface area contributed by atoms with Gasteiger partial charge < -0.3 is 5.32 Å². The van der Waals surface area contributed by atoms with E-state index in [1.807, 2.05) is 0 Å². The number of nitrogens with zero attached hydrogens (tertiary/aromatic N) is 2. The maximum atomic E-state index is 12.9. The molecule has 2 heterocycles. The smallest absolute Gasteiger partial charge is 0.271 e. The highest BCUT2D eigenvalue weighted by Crippen LogP contribution is 2.28. The molecule has 0 radical (unpaired) electrons. The third-order valence-electron chi connectivity index (χ3n) is 4.41. The van der Waals surface area contributed by atoms with Gasteiger partial charge in [0.15, 0.2) is 4.96 Å². The Kier molecular flexibility index (Phi) is 4.09.